The van der Waals surface area contributed by atoms with E-state index in [0.717, 1.165) is 5.56 Å². The van der Waals surface area contributed by atoms with Crippen molar-refractivity contribution in [3.8, 4) is 11.3 Å². The van der Waals surface area contributed by atoms with E-state index in [1.165, 1.54) is 29.6 Å². The number of nitrogens with zero attached hydrogens (tertiary/aromatic N) is 5. The van der Waals surface area contributed by atoms with E-state index in [9.17, 15) is 13.6 Å². The molecule has 3 aromatic heterocycles. The van der Waals surface area contributed by atoms with Gasteiger partial charge in [0.1, 0.15) is 5.69 Å². The van der Waals surface area contributed by atoms with Gasteiger partial charge in [-0.05, 0) is 30.5 Å². The molecule has 4 heterocycles. The van der Waals surface area contributed by atoms with Gasteiger partial charge in [-0.25, -0.2) is 9.37 Å². The Hall–Kier alpha value is -3.23. The predicted molar refractivity (Wildman–Crippen MR) is 87.9 cm³/mol. The maximum Gasteiger partial charge on any atom is 0.231 e. The number of H-pyrrole nitrogens is 1. The largest absolute Gasteiger partial charge is 0.293 e. The van der Waals surface area contributed by atoms with E-state index in [1.54, 1.807) is 12.1 Å². The molecular weight excluding hydrogens is 342 g/mol. The number of carbonyl (C=O) groups excluding carboxylic acids is 1. The molecule has 1 aliphatic rings. The van der Waals surface area contributed by atoms with Crippen molar-refractivity contribution in [2.24, 2.45) is 5.92 Å². The monoisotopic (exact) mass is 356 g/mol. The van der Waals surface area contributed by atoms with Gasteiger partial charge in [0.05, 0.1) is 12.4 Å². The number of aromatic nitrogens is 5. The highest BCUT2D eigenvalue weighted by atomic mass is 19.1. The highest BCUT2D eigenvalue weighted by Crippen LogP contribution is 2.31. The second kappa shape index (κ2) is 6.58. The third-order valence-corrected chi connectivity index (χ3v) is 4.41. The van der Waals surface area contributed by atoms with Gasteiger partial charge in [0.25, 0.3) is 0 Å². The number of hydrogen-bond acceptors (Lipinski definition) is 5. The Bertz CT molecular complexity index is 928. The van der Waals surface area contributed by atoms with Crippen LogP contribution in [0.1, 0.15) is 12.0 Å². The number of carbonyl (C=O) groups is 1. The van der Waals surface area contributed by atoms with Crippen molar-refractivity contribution < 1.29 is 13.6 Å². The standard InChI is InChI=1S/C17H14F2N6O/c18-13-2-1-10(8-20-13)7-11-4-6-25(17(11)26)16-14(19)15(23-24-16)12-3-5-21-22-9-12/h1-3,5,8-9,11H,4,6-7H2,(H,23,24). The molecule has 0 spiro atoms. The van der Waals surface area contributed by atoms with Crippen molar-refractivity contribution in [2.45, 2.75) is 12.8 Å². The number of pyridine rings is 1. The molecule has 3 aromatic rings. The van der Waals surface area contributed by atoms with Gasteiger partial charge in [-0.15, -0.1) is 0 Å². The lowest BCUT2D eigenvalue weighted by molar-refractivity contribution is -0.120. The van der Waals surface area contributed by atoms with Crippen molar-refractivity contribution in [1.29, 1.82) is 0 Å². The highest BCUT2D eigenvalue weighted by Gasteiger charge is 2.36. The number of anilines is 1. The number of halogens is 2. The third kappa shape index (κ3) is 2.92. The zero-order chi connectivity index (χ0) is 18.1. The summed E-state index contributed by atoms with van der Waals surface area (Å²) in [6.07, 6.45) is 5.26. The van der Waals surface area contributed by atoms with Crippen LogP contribution in [-0.4, -0.2) is 37.8 Å². The van der Waals surface area contributed by atoms with Crippen molar-refractivity contribution in [1.82, 2.24) is 25.4 Å². The summed E-state index contributed by atoms with van der Waals surface area (Å²) in [5, 5.41) is 14.0. The Morgan fingerprint density at radius 3 is 2.81 bits per heavy atom. The van der Waals surface area contributed by atoms with E-state index in [0.29, 0.717) is 24.9 Å². The predicted octanol–water partition coefficient (Wildman–Crippen LogP) is 2.14. The molecule has 132 valence electrons. The number of rotatable bonds is 4. The Kier molecular flexibility index (Phi) is 4.11. The first-order chi connectivity index (χ1) is 12.6. The molecule has 9 heteroatoms. The molecule has 0 aliphatic carbocycles. The second-order valence-corrected chi connectivity index (χ2v) is 6.04. The maximum atomic E-state index is 14.8. The first-order valence-electron chi connectivity index (χ1n) is 8.06. The van der Waals surface area contributed by atoms with Gasteiger partial charge in [0.2, 0.25) is 11.9 Å². The molecule has 26 heavy (non-hydrogen) atoms. The van der Waals surface area contributed by atoms with E-state index in [2.05, 4.69) is 25.4 Å². The zero-order valence-electron chi connectivity index (χ0n) is 13.6. The minimum absolute atomic E-state index is 0.0263. The molecule has 0 saturated carbocycles. The number of amides is 1. The van der Waals surface area contributed by atoms with Crippen LogP contribution in [0.25, 0.3) is 11.3 Å². The van der Waals surface area contributed by atoms with Crippen LogP contribution in [0.15, 0.2) is 36.8 Å². The summed E-state index contributed by atoms with van der Waals surface area (Å²) >= 11 is 0. The molecule has 1 fully saturated rings. The highest BCUT2D eigenvalue weighted by molar-refractivity contribution is 5.97. The average Bonchev–Trinajstić information content (AvgIpc) is 3.21. The van der Waals surface area contributed by atoms with Gasteiger partial charge in [0.15, 0.2) is 11.6 Å². The van der Waals surface area contributed by atoms with Crippen molar-refractivity contribution >= 4 is 11.7 Å². The van der Waals surface area contributed by atoms with Crippen LogP contribution < -0.4 is 4.90 Å². The molecule has 1 aliphatic heterocycles. The lowest BCUT2D eigenvalue weighted by Crippen LogP contribution is -2.28. The summed E-state index contributed by atoms with van der Waals surface area (Å²) in [6.45, 7) is 0.369. The molecule has 1 unspecified atom stereocenters. The third-order valence-electron chi connectivity index (χ3n) is 4.41. The fraction of sp³-hybridized carbons (Fsp3) is 0.235. The van der Waals surface area contributed by atoms with Gasteiger partial charge in [-0.3, -0.25) is 14.8 Å². The van der Waals surface area contributed by atoms with Crippen LogP contribution in [0.2, 0.25) is 0 Å². The van der Waals surface area contributed by atoms with Crippen molar-refractivity contribution in [3.63, 3.8) is 0 Å². The van der Waals surface area contributed by atoms with E-state index in [-0.39, 0.29) is 23.3 Å². The maximum absolute atomic E-state index is 14.8. The van der Waals surface area contributed by atoms with E-state index < -0.39 is 11.8 Å². The summed E-state index contributed by atoms with van der Waals surface area (Å²) in [7, 11) is 0. The fourth-order valence-electron chi connectivity index (χ4n) is 3.08. The number of aromatic amines is 1. The van der Waals surface area contributed by atoms with Crippen LogP contribution in [0, 0.1) is 17.7 Å². The second-order valence-electron chi connectivity index (χ2n) is 6.04. The topological polar surface area (TPSA) is 87.7 Å². The van der Waals surface area contributed by atoms with Crippen LogP contribution in [0.3, 0.4) is 0 Å². The van der Waals surface area contributed by atoms with Gasteiger partial charge in [-0.2, -0.15) is 19.7 Å². The quantitative estimate of drug-likeness (QED) is 0.724. The molecule has 7 nitrogen and oxygen atoms in total. The van der Waals surface area contributed by atoms with E-state index in [4.69, 9.17) is 0 Å². The first-order valence-corrected chi connectivity index (χ1v) is 8.06. The smallest absolute Gasteiger partial charge is 0.231 e. The van der Waals surface area contributed by atoms with Gasteiger partial charge in [0, 0.05) is 24.2 Å². The van der Waals surface area contributed by atoms with Crippen LogP contribution in [0.5, 0.6) is 0 Å². The van der Waals surface area contributed by atoms with Crippen molar-refractivity contribution in [3.05, 3.63) is 54.1 Å². The summed E-state index contributed by atoms with van der Waals surface area (Å²) in [4.78, 5) is 17.6. The average molecular weight is 356 g/mol. The summed E-state index contributed by atoms with van der Waals surface area (Å²) < 4.78 is 27.7. The Morgan fingerprint density at radius 1 is 1.19 bits per heavy atom. The number of nitrogens with one attached hydrogen (secondary N) is 1. The lowest BCUT2D eigenvalue weighted by atomic mass is 9.99. The fourth-order valence-corrected chi connectivity index (χ4v) is 3.08. The molecule has 1 atom stereocenters. The van der Waals surface area contributed by atoms with Crippen LogP contribution in [-0.2, 0) is 11.2 Å². The SMILES string of the molecule is O=C1C(Cc2ccc(F)nc2)CCN1c1n[nH]c(-c2ccnnc2)c1F. The molecule has 0 radical (unpaired) electrons. The van der Waals surface area contributed by atoms with Gasteiger partial charge < -0.3 is 0 Å². The van der Waals surface area contributed by atoms with Gasteiger partial charge >= 0.3 is 0 Å². The molecule has 0 aromatic carbocycles. The van der Waals surface area contributed by atoms with E-state index in [1.807, 2.05) is 0 Å². The Morgan fingerprint density at radius 2 is 2.08 bits per heavy atom. The van der Waals surface area contributed by atoms with Crippen LogP contribution >= 0.6 is 0 Å². The minimum atomic E-state index is -0.601. The summed E-state index contributed by atoms with van der Waals surface area (Å²) in [5.74, 6) is -1.72. The lowest BCUT2D eigenvalue weighted by Gasteiger charge is -2.14. The molecule has 1 amide bonds. The molecular formula is C17H14F2N6O. The van der Waals surface area contributed by atoms with Crippen LogP contribution in [0.4, 0.5) is 14.6 Å². The zero-order valence-corrected chi connectivity index (χ0v) is 13.6. The Balaban J connectivity index is 1.53. The number of hydrogen-bond donors (Lipinski definition) is 1. The molecule has 1 saturated heterocycles. The normalized spacial score (nSPS) is 17.1. The minimum Gasteiger partial charge on any atom is -0.293 e. The summed E-state index contributed by atoms with van der Waals surface area (Å²) in [6, 6.07) is 4.46. The molecule has 4 rings (SSSR count). The molecule has 1 N–H and O–H groups in total. The Labute approximate surface area is 147 Å². The summed E-state index contributed by atoms with van der Waals surface area (Å²) in [5.41, 5.74) is 1.42. The molecule has 0 bridgehead atoms. The van der Waals surface area contributed by atoms with Gasteiger partial charge in [-0.1, -0.05) is 6.07 Å². The first kappa shape index (κ1) is 16.2. The van der Waals surface area contributed by atoms with E-state index >= 15 is 0 Å². The van der Waals surface area contributed by atoms with Crippen molar-refractivity contribution in [2.75, 3.05) is 11.4 Å².